The summed E-state index contributed by atoms with van der Waals surface area (Å²) in [6.07, 6.45) is 0. The van der Waals surface area contributed by atoms with Crippen molar-refractivity contribution in [3.63, 3.8) is 0 Å². The van der Waals surface area contributed by atoms with Gasteiger partial charge in [-0.3, -0.25) is 9.59 Å². The molecule has 2 aromatic carbocycles. The first-order chi connectivity index (χ1) is 13.2. The van der Waals surface area contributed by atoms with E-state index in [0.29, 0.717) is 11.3 Å². The van der Waals surface area contributed by atoms with Gasteiger partial charge < -0.3 is 10.2 Å². The molecule has 3 rings (SSSR count). The average Bonchev–Trinajstić information content (AvgIpc) is 3.09. The Morgan fingerprint density at radius 3 is 2.36 bits per heavy atom. The van der Waals surface area contributed by atoms with Gasteiger partial charge in [-0.15, -0.1) is 11.8 Å². The lowest BCUT2D eigenvalue weighted by Gasteiger charge is -2.36. The highest BCUT2D eigenvalue weighted by Crippen LogP contribution is 2.41. The molecule has 1 fully saturated rings. The Morgan fingerprint density at radius 1 is 1.11 bits per heavy atom. The Hall–Kier alpha value is -2.34. The largest absolute Gasteiger partial charge is 0.322 e. The van der Waals surface area contributed by atoms with Crippen LogP contribution in [0.3, 0.4) is 0 Å². The van der Waals surface area contributed by atoms with Crippen LogP contribution in [-0.4, -0.2) is 33.9 Å². The van der Waals surface area contributed by atoms with E-state index in [1.165, 1.54) is 12.1 Å². The fourth-order valence-electron chi connectivity index (χ4n) is 3.25. The topological polar surface area (TPSA) is 49.4 Å². The highest BCUT2D eigenvalue weighted by Gasteiger charge is 2.46. The lowest BCUT2D eigenvalue weighted by molar-refractivity contribution is -0.120. The summed E-state index contributed by atoms with van der Waals surface area (Å²) in [5.74, 6) is -0.575. The first kappa shape index (κ1) is 20.4. The number of amides is 2. The maximum Gasteiger partial charge on any atom is 0.255 e. The third-order valence-electron chi connectivity index (χ3n) is 4.71. The molecule has 1 aliphatic rings. The third-order valence-corrected chi connectivity index (χ3v) is 6.47. The van der Waals surface area contributed by atoms with Gasteiger partial charge in [-0.05, 0) is 36.6 Å². The number of thioether (sulfide) groups is 1. The zero-order valence-electron chi connectivity index (χ0n) is 16.5. The van der Waals surface area contributed by atoms with Crippen molar-refractivity contribution in [3.05, 3.63) is 65.5 Å². The Kier molecular flexibility index (Phi) is 5.79. The first-order valence-electron chi connectivity index (χ1n) is 9.25. The Balaban J connectivity index is 1.90. The molecule has 2 amide bonds. The smallest absolute Gasteiger partial charge is 0.255 e. The van der Waals surface area contributed by atoms with Crippen LogP contribution in [0.25, 0.3) is 0 Å². The van der Waals surface area contributed by atoms with Gasteiger partial charge in [0.05, 0.1) is 11.1 Å². The van der Waals surface area contributed by atoms with Crippen molar-refractivity contribution in [1.29, 1.82) is 0 Å². The van der Waals surface area contributed by atoms with Crippen LogP contribution in [0.4, 0.5) is 10.1 Å². The van der Waals surface area contributed by atoms with E-state index in [4.69, 9.17) is 0 Å². The molecule has 2 unspecified atom stereocenters. The summed E-state index contributed by atoms with van der Waals surface area (Å²) in [6, 6.07) is 12.7. The van der Waals surface area contributed by atoms with E-state index in [1.807, 2.05) is 19.1 Å². The van der Waals surface area contributed by atoms with Gasteiger partial charge in [0.15, 0.2) is 0 Å². The van der Waals surface area contributed by atoms with E-state index in [0.717, 1.165) is 5.56 Å². The SMILES string of the molecule is Cc1ccc(C(=O)N2C(C(=O)Nc3ccccc3F)CSC2C(C)(C)C)cc1. The molecule has 0 saturated carbocycles. The average molecular weight is 401 g/mol. The molecule has 148 valence electrons. The maximum atomic E-state index is 14.0. The molecule has 0 aromatic heterocycles. The van der Waals surface area contributed by atoms with Crippen molar-refractivity contribution in [2.45, 2.75) is 39.1 Å². The van der Waals surface area contributed by atoms with Gasteiger partial charge in [-0.2, -0.15) is 0 Å². The molecule has 1 saturated heterocycles. The molecule has 6 heteroatoms. The fourth-order valence-corrected chi connectivity index (χ4v) is 4.83. The summed E-state index contributed by atoms with van der Waals surface area (Å²) in [7, 11) is 0. The van der Waals surface area contributed by atoms with Crippen LogP contribution in [0.1, 0.15) is 36.7 Å². The van der Waals surface area contributed by atoms with Crippen molar-refractivity contribution < 1.29 is 14.0 Å². The number of anilines is 1. The summed E-state index contributed by atoms with van der Waals surface area (Å²) in [5, 5.41) is 2.49. The van der Waals surface area contributed by atoms with Crippen molar-refractivity contribution in [2.75, 3.05) is 11.1 Å². The number of nitrogens with one attached hydrogen (secondary N) is 1. The molecule has 4 nitrogen and oxygen atoms in total. The highest BCUT2D eigenvalue weighted by atomic mass is 32.2. The van der Waals surface area contributed by atoms with E-state index in [2.05, 4.69) is 26.1 Å². The quantitative estimate of drug-likeness (QED) is 0.812. The number of rotatable bonds is 3. The van der Waals surface area contributed by atoms with Crippen molar-refractivity contribution >= 4 is 29.3 Å². The van der Waals surface area contributed by atoms with Crippen molar-refractivity contribution in [3.8, 4) is 0 Å². The maximum absolute atomic E-state index is 14.0. The third kappa shape index (κ3) is 4.22. The molecule has 1 N–H and O–H groups in total. The van der Waals surface area contributed by atoms with Crippen LogP contribution in [0, 0.1) is 18.2 Å². The predicted octanol–water partition coefficient (Wildman–Crippen LogP) is 4.70. The molecular weight excluding hydrogens is 375 g/mol. The van der Waals surface area contributed by atoms with E-state index in [1.54, 1.807) is 40.9 Å². The lowest BCUT2D eigenvalue weighted by Crippen LogP contribution is -2.51. The van der Waals surface area contributed by atoms with Crippen LogP contribution in [0.2, 0.25) is 0 Å². The second-order valence-corrected chi connectivity index (χ2v) is 9.23. The van der Waals surface area contributed by atoms with Gasteiger partial charge in [0.1, 0.15) is 11.9 Å². The number of nitrogens with zero attached hydrogens (tertiary/aromatic N) is 1. The number of benzene rings is 2. The van der Waals surface area contributed by atoms with Gasteiger partial charge in [0, 0.05) is 11.3 Å². The number of hydrogen-bond donors (Lipinski definition) is 1. The number of hydrogen-bond acceptors (Lipinski definition) is 3. The second-order valence-electron chi connectivity index (χ2n) is 8.12. The van der Waals surface area contributed by atoms with Crippen molar-refractivity contribution in [2.24, 2.45) is 5.41 Å². The van der Waals surface area contributed by atoms with Crippen LogP contribution < -0.4 is 5.32 Å². The Bertz CT molecular complexity index is 877. The molecule has 0 aliphatic carbocycles. The highest BCUT2D eigenvalue weighted by molar-refractivity contribution is 8.00. The van der Waals surface area contributed by atoms with Crippen molar-refractivity contribution in [1.82, 2.24) is 4.90 Å². The minimum atomic E-state index is -0.664. The number of aryl methyl sites for hydroxylation is 1. The second kappa shape index (κ2) is 7.95. The first-order valence-corrected chi connectivity index (χ1v) is 10.3. The number of carbonyl (C=O) groups excluding carboxylic acids is 2. The van der Waals surface area contributed by atoms with Gasteiger partial charge in [0.25, 0.3) is 5.91 Å². The standard InChI is InChI=1S/C22H25FN2O2S/c1-14-9-11-15(12-10-14)20(27)25-18(13-28-21(25)22(2,3)4)19(26)24-17-8-6-5-7-16(17)23/h5-12,18,21H,13H2,1-4H3,(H,24,26). The summed E-state index contributed by atoms with van der Waals surface area (Å²) in [5.41, 5.74) is 1.52. The fraction of sp³-hybridized carbons (Fsp3) is 0.364. The van der Waals surface area contributed by atoms with E-state index >= 15 is 0 Å². The normalized spacial score (nSPS) is 19.5. The van der Waals surface area contributed by atoms with E-state index < -0.39 is 11.9 Å². The number of carbonyl (C=O) groups is 2. The number of halogens is 1. The molecule has 2 atom stereocenters. The zero-order valence-corrected chi connectivity index (χ0v) is 17.3. The minimum Gasteiger partial charge on any atom is -0.322 e. The summed E-state index contributed by atoms with van der Waals surface area (Å²) in [4.78, 5) is 27.9. The zero-order chi connectivity index (χ0) is 20.5. The number of para-hydroxylation sites is 1. The molecule has 1 aliphatic heterocycles. The predicted molar refractivity (Wildman–Crippen MR) is 112 cm³/mol. The molecule has 0 bridgehead atoms. The Labute approximate surface area is 169 Å². The molecule has 2 aromatic rings. The summed E-state index contributed by atoms with van der Waals surface area (Å²) < 4.78 is 14.0. The monoisotopic (exact) mass is 400 g/mol. The van der Waals surface area contributed by atoms with Gasteiger partial charge in [-0.1, -0.05) is 50.6 Å². The molecule has 0 radical (unpaired) electrons. The Morgan fingerprint density at radius 2 is 1.75 bits per heavy atom. The summed E-state index contributed by atoms with van der Waals surface area (Å²) >= 11 is 1.59. The summed E-state index contributed by atoms with van der Waals surface area (Å²) in [6.45, 7) is 8.12. The van der Waals surface area contributed by atoms with Gasteiger partial charge in [0.2, 0.25) is 5.91 Å². The van der Waals surface area contributed by atoms with Gasteiger partial charge in [-0.25, -0.2) is 4.39 Å². The van der Waals surface area contributed by atoms with Crippen LogP contribution in [0.5, 0.6) is 0 Å². The molecule has 0 spiro atoms. The molecule has 1 heterocycles. The van der Waals surface area contributed by atoms with E-state index in [-0.39, 0.29) is 28.3 Å². The minimum absolute atomic E-state index is 0.124. The molecular formula is C22H25FN2O2S. The molecule has 28 heavy (non-hydrogen) atoms. The van der Waals surface area contributed by atoms with E-state index in [9.17, 15) is 14.0 Å². The lowest BCUT2D eigenvalue weighted by atomic mass is 9.94. The van der Waals surface area contributed by atoms with Gasteiger partial charge >= 0.3 is 0 Å². The van der Waals surface area contributed by atoms with Crippen LogP contribution in [-0.2, 0) is 4.79 Å². The van der Waals surface area contributed by atoms with Crippen LogP contribution >= 0.6 is 11.8 Å². The van der Waals surface area contributed by atoms with Crippen LogP contribution in [0.15, 0.2) is 48.5 Å².